The summed E-state index contributed by atoms with van der Waals surface area (Å²) < 4.78 is 0. The number of anilines is 3. The molecule has 44 heavy (non-hydrogen) atoms. The van der Waals surface area contributed by atoms with E-state index in [4.69, 9.17) is 0 Å². The predicted molar refractivity (Wildman–Crippen MR) is 189 cm³/mol. The maximum absolute atomic E-state index is 2.59. The lowest BCUT2D eigenvalue weighted by Crippen LogP contribution is -2.35. The summed E-state index contributed by atoms with van der Waals surface area (Å²) in [6.07, 6.45) is 17.6. The summed E-state index contributed by atoms with van der Waals surface area (Å²) in [6, 6.07) is 27.4. The fourth-order valence-corrected chi connectivity index (χ4v) is 7.48. The molecular weight excluding hydrogens is 532 g/mol. The summed E-state index contributed by atoms with van der Waals surface area (Å²) in [5.41, 5.74) is 15.0. The van der Waals surface area contributed by atoms with Crippen molar-refractivity contribution in [3.05, 3.63) is 148 Å². The minimum atomic E-state index is 0.428. The van der Waals surface area contributed by atoms with E-state index in [1.807, 2.05) is 0 Å². The van der Waals surface area contributed by atoms with E-state index in [1.54, 1.807) is 11.1 Å². The second-order valence-corrected chi connectivity index (χ2v) is 13.4. The number of rotatable bonds is 7. The van der Waals surface area contributed by atoms with Gasteiger partial charge in [-0.3, -0.25) is 0 Å². The molecule has 6 rings (SSSR count). The molecule has 0 radical (unpaired) electrons. The molecule has 0 fully saturated rings. The number of nitrogens with zero attached hydrogens (tertiary/aromatic N) is 2. The molecule has 3 aliphatic rings. The highest BCUT2D eigenvalue weighted by Gasteiger charge is 2.30. The van der Waals surface area contributed by atoms with E-state index in [1.165, 1.54) is 50.7 Å². The average Bonchev–Trinajstić information content (AvgIpc) is 2.98. The van der Waals surface area contributed by atoms with Crippen molar-refractivity contribution in [2.24, 2.45) is 11.8 Å². The summed E-state index contributed by atoms with van der Waals surface area (Å²) in [7, 11) is 0. The third-order valence-electron chi connectivity index (χ3n) is 9.59. The Bertz CT molecular complexity index is 1630. The van der Waals surface area contributed by atoms with Gasteiger partial charge in [0, 0.05) is 34.5 Å². The molecule has 0 aromatic heterocycles. The van der Waals surface area contributed by atoms with Gasteiger partial charge in [-0.2, -0.15) is 0 Å². The van der Waals surface area contributed by atoms with Gasteiger partial charge in [0.15, 0.2) is 0 Å². The van der Waals surface area contributed by atoms with Gasteiger partial charge in [0.05, 0.1) is 0 Å². The van der Waals surface area contributed by atoms with E-state index < -0.39 is 0 Å². The highest BCUT2D eigenvalue weighted by Crippen LogP contribution is 2.43. The zero-order chi connectivity index (χ0) is 30.8. The average molecular weight is 581 g/mol. The number of hydrogen-bond acceptors (Lipinski definition) is 2. The van der Waals surface area contributed by atoms with Gasteiger partial charge >= 0.3 is 0 Å². The van der Waals surface area contributed by atoms with Crippen molar-refractivity contribution in [2.75, 3.05) is 9.80 Å². The van der Waals surface area contributed by atoms with Gasteiger partial charge < -0.3 is 9.80 Å². The van der Waals surface area contributed by atoms with Crippen LogP contribution in [-0.2, 0) is 0 Å². The van der Waals surface area contributed by atoms with Crippen molar-refractivity contribution < 1.29 is 0 Å². The lowest BCUT2D eigenvalue weighted by molar-refractivity contribution is 0.481. The Morgan fingerprint density at radius 2 is 1.32 bits per heavy atom. The molecule has 0 N–H and O–H groups in total. The van der Waals surface area contributed by atoms with E-state index in [0.29, 0.717) is 17.9 Å². The van der Waals surface area contributed by atoms with E-state index in [-0.39, 0.29) is 0 Å². The second-order valence-electron chi connectivity index (χ2n) is 13.4. The van der Waals surface area contributed by atoms with Gasteiger partial charge in [-0.05, 0) is 154 Å². The third kappa shape index (κ3) is 6.41. The smallest absolute Gasteiger partial charge is 0.0460 e. The van der Waals surface area contributed by atoms with Gasteiger partial charge in [0.2, 0.25) is 0 Å². The molecule has 3 unspecified atom stereocenters. The molecule has 0 bridgehead atoms. The van der Waals surface area contributed by atoms with Crippen LogP contribution < -0.4 is 9.80 Å². The minimum Gasteiger partial charge on any atom is -0.338 e. The van der Waals surface area contributed by atoms with Crippen LogP contribution in [-0.4, -0.2) is 6.04 Å². The molecule has 0 saturated heterocycles. The zero-order valence-corrected chi connectivity index (χ0v) is 27.5. The number of benzene rings is 3. The van der Waals surface area contributed by atoms with Crippen LogP contribution in [0, 0.1) is 32.6 Å². The van der Waals surface area contributed by atoms with Crippen molar-refractivity contribution in [3.8, 4) is 0 Å². The van der Waals surface area contributed by atoms with Gasteiger partial charge in [-0.15, -0.1) is 0 Å². The molecule has 0 aliphatic heterocycles. The SMILES string of the molecule is CC1=C(C2=CCC(N(c3cccc(C)c3)c3cccc(C)c3)CC2C)CCC(N(C2=CC(C)CC=C2)c2cccc(C)c2)=C1. The van der Waals surface area contributed by atoms with Crippen LogP contribution >= 0.6 is 0 Å². The molecule has 0 spiro atoms. The largest absolute Gasteiger partial charge is 0.338 e. The van der Waals surface area contributed by atoms with Crippen LogP contribution in [0.15, 0.2) is 131 Å². The zero-order valence-electron chi connectivity index (χ0n) is 27.5. The van der Waals surface area contributed by atoms with Gasteiger partial charge in [0.1, 0.15) is 0 Å². The maximum Gasteiger partial charge on any atom is 0.0460 e. The second kappa shape index (κ2) is 12.9. The Morgan fingerprint density at radius 1 is 0.705 bits per heavy atom. The van der Waals surface area contributed by atoms with Gasteiger partial charge in [0.25, 0.3) is 0 Å². The van der Waals surface area contributed by atoms with E-state index >= 15 is 0 Å². The van der Waals surface area contributed by atoms with Gasteiger partial charge in [-0.1, -0.05) is 68.5 Å². The topological polar surface area (TPSA) is 6.48 Å². The normalized spacial score (nSPS) is 21.9. The summed E-state index contributed by atoms with van der Waals surface area (Å²) in [5, 5.41) is 0. The summed E-state index contributed by atoms with van der Waals surface area (Å²) in [6.45, 7) is 13.7. The maximum atomic E-state index is 2.59. The van der Waals surface area contributed by atoms with Crippen molar-refractivity contribution in [2.45, 2.75) is 79.7 Å². The molecule has 2 nitrogen and oxygen atoms in total. The first-order valence-corrected chi connectivity index (χ1v) is 16.6. The Labute approximate surface area is 265 Å². The minimum absolute atomic E-state index is 0.428. The summed E-state index contributed by atoms with van der Waals surface area (Å²) >= 11 is 0. The van der Waals surface area contributed by atoms with E-state index in [2.05, 4.69) is 155 Å². The molecule has 0 saturated carbocycles. The first-order valence-electron chi connectivity index (χ1n) is 16.6. The highest BCUT2D eigenvalue weighted by atomic mass is 15.2. The fourth-order valence-electron chi connectivity index (χ4n) is 7.48. The lowest BCUT2D eigenvalue weighted by Gasteiger charge is -2.40. The number of aryl methyl sites for hydroxylation is 3. The van der Waals surface area contributed by atoms with Crippen molar-refractivity contribution >= 4 is 17.1 Å². The van der Waals surface area contributed by atoms with Crippen molar-refractivity contribution in [1.29, 1.82) is 0 Å². The van der Waals surface area contributed by atoms with Crippen molar-refractivity contribution in [1.82, 2.24) is 0 Å². The molecule has 0 amide bonds. The first-order chi connectivity index (χ1) is 21.3. The molecule has 3 atom stereocenters. The quantitative estimate of drug-likeness (QED) is 0.274. The first kappa shape index (κ1) is 30.0. The Morgan fingerprint density at radius 3 is 1.89 bits per heavy atom. The molecule has 3 aromatic rings. The van der Waals surface area contributed by atoms with E-state index in [0.717, 1.165) is 32.1 Å². The standard InChI is InChI=1S/C42H48N2/c1-29-11-7-15-35(23-29)43(36-16-8-12-30(2)24-36)39-19-21-41(33(5)27-39)42-22-20-40(28-34(42)6)44(37-17-9-13-31(3)25-37)38-18-10-14-32(4)26-38/h7-13,15-18,21,23-26,28,32-33,39H,14,19-20,22,27H2,1-6H3. The molecule has 3 aliphatic carbocycles. The molecule has 2 heteroatoms. The fraction of sp³-hybridized carbons (Fsp3) is 0.333. The summed E-state index contributed by atoms with van der Waals surface area (Å²) in [4.78, 5) is 5.10. The van der Waals surface area contributed by atoms with Crippen LogP contribution in [0.1, 0.15) is 69.6 Å². The third-order valence-corrected chi connectivity index (χ3v) is 9.59. The highest BCUT2D eigenvalue weighted by molar-refractivity contribution is 5.67. The summed E-state index contributed by atoms with van der Waals surface area (Å²) in [5.74, 6) is 1.06. The van der Waals surface area contributed by atoms with Crippen LogP contribution in [0.4, 0.5) is 17.1 Å². The van der Waals surface area contributed by atoms with E-state index in [9.17, 15) is 0 Å². The number of hydrogen-bond donors (Lipinski definition) is 0. The van der Waals surface area contributed by atoms with Crippen LogP contribution in [0.25, 0.3) is 0 Å². The molecular formula is C42H48N2. The Hall–Kier alpha value is -4.04. The number of allylic oxidation sites excluding steroid dienone is 8. The predicted octanol–water partition coefficient (Wildman–Crippen LogP) is 11.5. The van der Waals surface area contributed by atoms with Crippen molar-refractivity contribution in [3.63, 3.8) is 0 Å². The van der Waals surface area contributed by atoms with Crippen LogP contribution in [0.5, 0.6) is 0 Å². The Kier molecular flexibility index (Phi) is 8.80. The molecule has 3 aromatic carbocycles. The monoisotopic (exact) mass is 580 g/mol. The van der Waals surface area contributed by atoms with Crippen LogP contribution in [0.3, 0.4) is 0 Å². The molecule has 0 heterocycles. The van der Waals surface area contributed by atoms with Crippen LogP contribution in [0.2, 0.25) is 0 Å². The Balaban J connectivity index is 1.32. The lowest BCUT2D eigenvalue weighted by atomic mass is 9.77. The molecule has 226 valence electrons. The van der Waals surface area contributed by atoms with Gasteiger partial charge in [-0.25, -0.2) is 0 Å².